The third-order valence-corrected chi connectivity index (χ3v) is 3.82. The molecule has 0 fully saturated rings. The van der Waals surface area contributed by atoms with Gasteiger partial charge in [-0.05, 0) is 38.8 Å². The summed E-state index contributed by atoms with van der Waals surface area (Å²) in [5, 5.41) is 8.96. The topological polar surface area (TPSA) is 46.5 Å². The Morgan fingerprint density at radius 2 is 2.17 bits per heavy atom. The highest BCUT2D eigenvalue weighted by Crippen LogP contribution is 2.24. The Morgan fingerprint density at radius 1 is 1.44 bits per heavy atom. The summed E-state index contributed by atoms with van der Waals surface area (Å²) in [5.41, 5.74) is 2.48. The minimum absolute atomic E-state index is 0.436. The Kier molecular flexibility index (Phi) is 6.22. The quantitative estimate of drug-likeness (QED) is 0.771. The second-order valence-corrected chi connectivity index (χ2v) is 5.33. The van der Waals surface area contributed by atoms with Gasteiger partial charge in [0.2, 0.25) is 0 Å². The molecule has 0 aliphatic carbocycles. The lowest BCUT2D eigenvalue weighted by Gasteiger charge is -2.12. The number of rotatable bonds is 7. The summed E-state index contributed by atoms with van der Waals surface area (Å²) in [6.07, 6.45) is -0.158. The molecule has 1 N–H and O–H groups in total. The van der Waals surface area contributed by atoms with Crippen molar-refractivity contribution in [2.24, 2.45) is 0 Å². The first-order valence-electron chi connectivity index (χ1n) is 6.09. The van der Waals surface area contributed by atoms with Gasteiger partial charge >= 0.3 is 5.97 Å². The molecule has 1 atom stereocenters. The van der Waals surface area contributed by atoms with Crippen LogP contribution in [-0.2, 0) is 9.53 Å². The number of ether oxygens (including phenoxy) is 1. The first-order valence-corrected chi connectivity index (χ1v) is 7.07. The van der Waals surface area contributed by atoms with Gasteiger partial charge in [-0.1, -0.05) is 17.7 Å². The van der Waals surface area contributed by atoms with Crippen LogP contribution in [0.15, 0.2) is 23.1 Å². The molecule has 0 amide bonds. The number of carboxylic acids is 1. The highest BCUT2D eigenvalue weighted by molar-refractivity contribution is 7.99. The number of hydrogen-bond donors (Lipinski definition) is 1. The van der Waals surface area contributed by atoms with E-state index in [4.69, 9.17) is 9.84 Å². The first-order chi connectivity index (χ1) is 8.54. The van der Waals surface area contributed by atoms with Gasteiger partial charge in [-0.25, -0.2) is 4.79 Å². The van der Waals surface area contributed by atoms with Crippen molar-refractivity contribution in [1.29, 1.82) is 0 Å². The average molecular weight is 268 g/mol. The Hall–Kier alpha value is -1.00. The van der Waals surface area contributed by atoms with Crippen molar-refractivity contribution in [2.45, 2.75) is 38.2 Å². The van der Waals surface area contributed by atoms with Gasteiger partial charge in [-0.15, -0.1) is 11.8 Å². The number of carbonyl (C=O) groups is 1. The third kappa shape index (κ3) is 4.70. The number of aryl methyl sites for hydroxylation is 2. The van der Waals surface area contributed by atoms with Gasteiger partial charge < -0.3 is 9.84 Å². The van der Waals surface area contributed by atoms with Gasteiger partial charge in [0.25, 0.3) is 0 Å². The van der Waals surface area contributed by atoms with E-state index >= 15 is 0 Å². The van der Waals surface area contributed by atoms with Crippen LogP contribution in [0.25, 0.3) is 0 Å². The number of thioether (sulfide) groups is 1. The molecule has 0 saturated heterocycles. The van der Waals surface area contributed by atoms with Crippen LogP contribution in [0.2, 0.25) is 0 Å². The smallest absolute Gasteiger partial charge is 0.332 e. The summed E-state index contributed by atoms with van der Waals surface area (Å²) in [7, 11) is 0. The molecule has 0 aromatic heterocycles. The van der Waals surface area contributed by atoms with Crippen molar-refractivity contribution < 1.29 is 14.6 Å². The Bertz CT molecular complexity index is 404. The molecule has 4 heteroatoms. The molecule has 1 unspecified atom stereocenters. The molecule has 3 nitrogen and oxygen atoms in total. The fourth-order valence-electron chi connectivity index (χ4n) is 1.72. The summed E-state index contributed by atoms with van der Waals surface area (Å²) < 4.78 is 5.18. The zero-order chi connectivity index (χ0) is 13.5. The molecule has 18 heavy (non-hydrogen) atoms. The van der Waals surface area contributed by atoms with Gasteiger partial charge in [0, 0.05) is 17.3 Å². The largest absolute Gasteiger partial charge is 0.479 e. The number of benzene rings is 1. The highest BCUT2D eigenvalue weighted by atomic mass is 32.2. The second kappa shape index (κ2) is 7.44. The maximum absolute atomic E-state index is 10.9. The van der Waals surface area contributed by atoms with E-state index in [1.165, 1.54) is 16.0 Å². The Balaban J connectivity index is 2.47. The Labute approximate surface area is 113 Å². The van der Waals surface area contributed by atoms with Crippen LogP contribution in [0.4, 0.5) is 0 Å². The van der Waals surface area contributed by atoms with Crippen LogP contribution in [0.5, 0.6) is 0 Å². The zero-order valence-corrected chi connectivity index (χ0v) is 11.9. The van der Waals surface area contributed by atoms with Crippen molar-refractivity contribution >= 4 is 17.7 Å². The summed E-state index contributed by atoms with van der Waals surface area (Å²) >= 11 is 1.68. The van der Waals surface area contributed by atoms with Gasteiger partial charge in [0.1, 0.15) is 0 Å². The van der Waals surface area contributed by atoms with Crippen molar-refractivity contribution in [3.8, 4) is 0 Å². The van der Waals surface area contributed by atoms with E-state index in [1.807, 2.05) is 6.92 Å². The summed E-state index contributed by atoms with van der Waals surface area (Å²) in [4.78, 5) is 12.1. The van der Waals surface area contributed by atoms with Gasteiger partial charge in [-0.3, -0.25) is 0 Å². The van der Waals surface area contributed by atoms with Crippen molar-refractivity contribution in [2.75, 3.05) is 12.4 Å². The number of aliphatic carboxylic acids is 1. The monoisotopic (exact) mass is 268 g/mol. The molecule has 0 radical (unpaired) electrons. The number of hydrogen-bond acceptors (Lipinski definition) is 3. The zero-order valence-electron chi connectivity index (χ0n) is 11.1. The van der Waals surface area contributed by atoms with E-state index in [9.17, 15) is 4.79 Å². The maximum Gasteiger partial charge on any atom is 0.332 e. The molecule has 1 rings (SSSR count). The molecule has 1 aromatic rings. The van der Waals surface area contributed by atoms with E-state index in [0.717, 1.165) is 5.75 Å². The Morgan fingerprint density at radius 3 is 2.72 bits per heavy atom. The van der Waals surface area contributed by atoms with E-state index in [-0.39, 0.29) is 0 Å². The van der Waals surface area contributed by atoms with Crippen LogP contribution in [0, 0.1) is 13.8 Å². The van der Waals surface area contributed by atoms with Crippen molar-refractivity contribution in [1.82, 2.24) is 0 Å². The summed E-state index contributed by atoms with van der Waals surface area (Å²) in [5.74, 6) is -0.126. The molecule has 1 aromatic carbocycles. The van der Waals surface area contributed by atoms with E-state index in [2.05, 4.69) is 32.0 Å². The lowest BCUT2D eigenvalue weighted by molar-refractivity contribution is -0.150. The lowest BCUT2D eigenvalue weighted by atomic mass is 10.2. The molecule has 0 aliphatic heterocycles. The standard InChI is InChI=1S/C14H20O3S/c1-4-17-12(14(15)16)7-8-18-13-6-5-10(2)9-11(13)3/h5-6,9,12H,4,7-8H2,1-3H3,(H,15,16). The molecule has 0 saturated carbocycles. The SMILES string of the molecule is CCOC(CCSc1ccc(C)cc1C)C(=O)O. The molecule has 0 aliphatic rings. The minimum atomic E-state index is -0.877. The van der Waals surface area contributed by atoms with Crippen LogP contribution in [0.1, 0.15) is 24.5 Å². The normalized spacial score (nSPS) is 12.4. The van der Waals surface area contributed by atoms with Crippen molar-refractivity contribution in [3.05, 3.63) is 29.3 Å². The number of carboxylic acid groups (broad SMARTS) is 1. The fraction of sp³-hybridized carbons (Fsp3) is 0.500. The molecular weight excluding hydrogens is 248 g/mol. The molecular formula is C14H20O3S. The van der Waals surface area contributed by atoms with Crippen LogP contribution in [-0.4, -0.2) is 29.5 Å². The second-order valence-electron chi connectivity index (χ2n) is 4.19. The van der Waals surface area contributed by atoms with Gasteiger partial charge in [-0.2, -0.15) is 0 Å². The average Bonchev–Trinajstić information content (AvgIpc) is 2.30. The minimum Gasteiger partial charge on any atom is -0.479 e. The van der Waals surface area contributed by atoms with Crippen LogP contribution >= 0.6 is 11.8 Å². The van der Waals surface area contributed by atoms with Crippen molar-refractivity contribution in [3.63, 3.8) is 0 Å². The summed E-state index contributed by atoms with van der Waals surface area (Å²) in [6.45, 7) is 6.39. The first kappa shape index (κ1) is 15.1. The van der Waals surface area contributed by atoms with E-state index in [0.29, 0.717) is 13.0 Å². The molecule has 0 bridgehead atoms. The third-order valence-electron chi connectivity index (χ3n) is 2.61. The lowest BCUT2D eigenvalue weighted by Crippen LogP contribution is -2.24. The predicted molar refractivity (Wildman–Crippen MR) is 74.3 cm³/mol. The summed E-state index contributed by atoms with van der Waals surface area (Å²) in [6, 6.07) is 6.30. The van der Waals surface area contributed by atoms with E-state index in [1.54, 1.807) is 11.8 Å². The predicted octanol–water partition coefficient (Wildman–Crippen LogP) is 3.28. The maximum atomic E-state index is 10.9. The van der Waals surface area contributed by atoms with Gasteiger partial charge in [0.05, 0.1) is 0 Å². The van der Waals surface area contributed by atoms with Crippen LogP contribution in [0.3, 0.4) is 0 Å². The van der Waals surface area contributed by atoms with E-state index < -0.39 is 12.1 Å². The highest BCUT2D eigenvalue weighted by Gasteiger charge is 2.16. The van der Waals surface area contributed by atoms with Crippen LogP contribution < -0.4 is 0 Å². The fourth-order valence-corrected chi connectivity index (χ4v) is 2.72. The molecule has 100 valence electrons. The molecule has 0 heterocycles. The van der Waals surface area contributed by atoms with Gasteiger partial charge in [0.15, 0.2) is 6.10 Å². The molecule has 0 spiro atoms.